The van der Waals surface area contributed by atoms with Gasteiger partial charge < -0.3 is 0 Å². The van der Waals surface area contributed by atoms with Gasteiger partial charge in [0.1, 0.15) is 0 Å². The number of thiol groups is 1. The maximum atomic E-state index is 4.65. The first-order chi connectivity index (χ1) is 5.64. The fourth-order valence-electron chi connectivity index (χ4n) is 1.83. The molecule has 12 heavy (non-hydrogen) atoms. The summed E-state index contributed by atoms with van der Waals surface area (Å²) in [5, 5.41) is 0.711. The van der Waals surface area contributed by atoms with Crippen LogP contribution in [0.1, 0.15) is 53.4 Å². The Morgan fingerprint density at radius 2 is 1.50 bits per heavy atom. The molecule has 0 aliphatic heterocycles. The maximum Gasteiger partial charge on any atom is 0.0421 e. The van der Waals surface area contributed by atoms with Crippen LogP contribution in [0.3, 0.4) is 0 Å². The van der Waals surface area contributed by atoms with Gasteiger partial charge in [-0.2, -0.15) is 12.6 Å². The highest BCUT2D eigenvalue weighted by Crippen LogP contribution is 2.38. The Bertz CT molecular complexity index is 102. The fraction of sp³-hybridized carbons (Fsp3) is 1.00. The highest BCUT2D eigenvalue weighted by molar-refractivity contribution is 7.82. The molecule has 0 aliphatic carbocycles. The third-order valence-electron chi connectivity index (χ3n) is 3.39. The van der Waals surface area contributed by atoms with Crippen molar-refractivity contribution in [3.8, 4) is 0 Å². The van der Waals surface area contributed by atoms with E-state index in [-0.39, 0.29) is 9.52 Å². The molecule has 1 atom stereocenters. The van der Waals surface area contributed by atoms with Crippen molar-refractivity contribution in [2.75, 3.05) is 0 Å². The van der Waals surface area contributed by atoms with Crippen LogP contribution in [-0.4, -0.2) is 14.4 Å². The van der Waals surface area contributed by atoms with Crippen LogP contribution in [0.5, 0.6) is 0 Å². The van der Waals surface area contributed by atoms with Gasteiger partial charge in [-0.3, -0.25) is 0 Å². The summed E-state index contributed by atoms with van der Waals surface area (Å²) < 4.78 is 0. The molecule has 0 aromatic carbocycles. The summed E-state index contributed by atoms with van der Waals surface area (Å²) in [5.41, 5.74) is 0. The van der Waals surface area contributed by atoms with Crippen molar-refractivity contribution in [2.45, 2.75) is 63.3 Å². The summed E-state index contributed by atoms with van der Waals surface area (Å²) >= 11 is 4.65. The highest BCUT2D eigenvalue weighted by atomic mass is 32.1. The molecule has 2 heteroatoms. The second-order valence-corrected chi connectivity index (χ2v) is 8.14. The van der Waals surface area contributed by atoms with Crippen LogP contribution in [-0.2, 0) is 0 Å². The van der Waals surface area contributed by atoms with E-state index >= 15 is 0 Å². The molecule has 0 aromatic rings. The summed E-state index contributed by atoms with van der Waals surface area (Å²) in [6, 6.07) is 0. The second kappa shape index (κ2) is 6.09. The third-order valence-corrected chi connectivity index (χ3v) is 7.72. The topological polar surface area (TPSA) is 0 Å². The Labute approximate surface area is 85.8 Å². The number of rotatable bonds is 6. The maximum absolute atomic E-state index is 4.65. The molecule has 0 amide bonds. The molecule has 0 saturated heterocycles. The van der Waals surface area contributed by atoms with E-state index in [1.54, 1.807) is 0 Å². The van der Waals surface area contributed by atoms with E-state index in [1.165, 1.54) is 25.7 Å². The van der Waals surface area contributed by atoms with Crippen molar-refractivity contribution in [1.29, 1.82) is 0 Å². The van der Waals surface area contributed by atoms with Crippen LogP contribution in [0.15, 0.2) is 0 Å². The lowest BCUT2D eigenvalue weighted by Crippen LogP contribution is -2.25. The van der Waals surface area contributed by atoms with Crippen molar-refractivity contribution in [3.63, 3.8) is 0 Å². The quantitative estimate of drug-likeness (QED) is 0.498. The molecular formula is C10H24SSi. The lowest BCUT2D eigenvalue weighted by Gasteiger charge is -2.32. The molecule has 0 heterocycles. The molecule has 74 valence electrons. The molecule has 0 radical (unpaired) electrons. The van der Waals surface area contributed by atoms with E-state index in [0.717, 1.165) is 4.87 Å². The van der Waals surface area contributed by atoms with Crippen LogP contribution >= 0.6 is 12.6 Å². The monoisotopic (exact) mass is 204 g/mol. The predicted molar refractivity (Wildman–Crippen MR) is 65.2 cm³/mol. The summed E-state index contributed by atoms with van der Waals surface area (Å²) in [6.45, 7) is 9.29. The second-order valence-electron chi connectivity index (χ2n) is 3.83. The van der Waals surface area contributed by atoms with Crippen molar-refractivity contribution < 1.29 is 0 Å². The van der Waals surface area contributed by atoms with Crippen molar-refractivity contribution >= 4 is 22.1 Å². The largest absolute Gasteiger partial charge is 0.180 e. The minimum Gasteiger partial charge on any atom is -0.180 e. The average molecular weight is 204 g/mol. The standard InChI is InChI=1S/C10H24SSi/c1-5-9(11)12-10(6-2,7-3)8-4/h9,11H,5-8,12H2,1-4H3. The van der Waals surface area contributed by atoms with Gasteiger partial charge in [-0.25, -0.2) is 0 Å². The molecule has 0 spiro atoms. The molecular weight excluding hydrogens is 180 g/mol. The zero-order chi connectivity index (χ0) is 9.61. The van der Waals surface area contributed by atoms with Crippen LogP contribution in [0.25, 0.3) is 0 Å². The van der Waals surface area contributed by atoms with Gasteiger partial charge in [0.25, 0.3) is 0 Å². The highest BCUT2D eigenvalue weighted by Gasteiger charge is 2.26. The van der Waals surface area contributed by atoms with E-state index < -0.39 is 0 Å². The van der Waals surface area contributed by atoms with E-state index in [0.29, 0.717) is 5.04 Å². The van der Waals surface area contributed by atoms with Gasteiger partial charge >= 0.3 is 0 Å². The van der Waals surface area contributed by atoms with Gasteiger partial charge in [-0.05, 0) is 16.3 Å². The van der Waals surface area contributed by atoms with Gasteiger partial charge in [-0.15, -0.1) is 0 Å². The molecule has 0 nitrogen and oxygen atoms in total. The van der Waals surface area contributed by atoms with Crippen LogP contribution in [0.2, 0.25) is 5.04 Å². The Hall–Kier alpha value is 0.567. The first-order valence-electron chi connectivity index (χ1n) is 5.32. The summed E-state index contributed by atoms with van der Waals surface area (Å²) in [6.07, 6.45) is 5.35. The molecule has 0 bridgehead atoms. The predicted octanol–water partition coefficient (Wildman–Crippen LogP) is 3.21. The summed E-state index contributed by atoms with van der Waals surface area (Å²) in [4.78, 5) is 0.741. The Morgan fingerprint density at radius 1 is 1.08 bits per heavy atom. The average Bonchev–Trinajstić information content (AvgIpc) is 2.14. The van der Waals surface area contributed by atoms with Gasteiger partial charge in [0.2, 0.25) is 0 Å². The molecule has 0 aromatic heterocycles. The zero-order valence-electron chi connectivity index (χ0n) is 9.06. The molecule has 0 fully saturated rings. The van der Waals surface area contributed by atoms with Gasteiger partial charge in [0.15, 0.2) is 0 Å². The number of hydrogen-bond donors (Lipinski definition) is 1. The molecule has 0 saturated carbocycles. The van der Waals surface area contributed by atoms with Crippen LogP contribution < -0.4 is 0 Å². The Balaban J connectivity index is 4.09. The van der Waals surface area contributed by atoms with Crippen LogP contribution in [0.4, 0.5) is 0 Å². The SMILES string of the molecule is CCC(S)[SiH2]C(CC)(CC)CC. The molecule has 1 unspecified atom stereocenters. The minimum absolute atomic E-state index is 0.00694. The zero-order valence-corrected chi connectivity index (χ0v) is 11.4. The Kier molecular flexibility index (Phi) is 6.37. The third kappa shape index (κ3) is 3.52. The molecule has 0 N–H and O–H groups in total. The molecule has 0 aliphatic rings. The number of hydrogen-bond acceptors (Lipinski definition) is 1. The summed E-state index contributed by atoms with van der Waals surface area (Å²) in [5.74, 6) is 0. The Morgan fingerprint density at radius 3 is 1.75 bits per heavy atom. The lowest BCUT2D eigenvalue weighted by molar-refractivity contribution is 0.493. The van der Waals surface area contributed by atoms with E-state index in [4.69, 9.17) is 0 Å². The van der Waals surface area contributed by atoms with Gasteiger partial charge in [0, 0.05) is 9.52 Å². The fourth-order valence-corrected chi connectivity index (χ4v) is 5.14. The smallest absolute Gasteiger partial charge is 0.0421 e. The van der Waals surface area contributed by atoms with E-state index in [2.05, 4.69) is 40.3 Å². The first kappa shape index (κ1) is 12.6. The van der Waals surface area contributed by atoms with Crippen molar-refractivity contribution in [2.24, 2.45) is 0 Å². The minimum atomic E-state index is 0.00694. The lowest BCUT2D eigenvalue weighted by atomic mass is 9.99. The first-order valence-corrected chi connectivity index (χ1v) is 7.36. The van der Waals surface area contributed by atoms with Gasteiger partial charge in [-0.1, -0.05) is 47.0 Å². The van der Waals surface area contributed by atoms with E-state index in [9.17, 15) is 0 Å². The van der Waals surface area contributed by atoms with E-state index in [1.807, 2.05) is 0 Å². The summed E-state index contributed by atoms with van der Waals surface area (Å²) in [7, 11) is 0.00694. The van der Waals surface area contributed by atoms with Gasteiger partial charge in [0.05, 0.1) is 0 Å². The van der Waals surface area contributed by atoms with Crippen molar-refractivity contribution in [1.82, 2.24) is 0 Å². The molecule has 0 rings (SSSR count). The van der Waals surface area contributed by atoms with Crippen LogP contribution in [0, 0.1) is 0 Å². The van der Waals surface area contributed by atoms with Crippen molar-refractivity contribution in [3.05, 3.63) is 0 Å². The normalized spacial score (nSPS) is 15.8.